The number of hydrogen-bond donors (Lipinski definition) is 0. The monoisotopic (exact) mass is 368 g/mol. The molecule has 0 bridgehead atoms. The molecule has 0 aliphatic carbocycles. The molecule has 0 unspecified atom stereocenters. The van der Waals surface area contributed by atoms with Crippen LogP contribution in [0.5, 0.6) is 5.75 Å². The van der Waals surface area contributed by atoms with Crippen molar-refractivity contribution in [1.29, 1.82) is 0 Å². The lowest BCUT2D eigenvalue weighted by molar-refractivity contribution is -0.262. The molecule has 0 N–H and O–H groups in total. The van der Waals surface area contributed by atoms with Crippen LogP contribution in [0, 0.1) is 11.0 Å². The van der Waals surface area contributed by atoms with Gasteiger partial charge in [-0.25, -0.2) is 4.79 Å². The highest BCUT2D eigenvalue weighted by Gasteiger charge is 2.63. The van der Waals surface area contributed by atoms with Crippen molar-refractivity contribution in [3.63, 3.8) is 0 Å². The molecule has 0 saturated carbocycles. The first-order valence-corrected chi connectivity index (χ1v) is 7.94. The number of thiophene rings is 1. The van der Waals surface area contributed by atoms with Gasteiger partial charge < -0.3 is 14.2 Å². The van der Waals surface area contributed by atoms with Gasteiger partial charge in [0.2, 0.25) is 16.5 Å². The Hall–Kier alpha value is -1.77. The summed E-state index contributed by atoms with van der Waals surface area (Å²) in [5.41, 5.74) is -2.65. The number of halogens is 4. The summed E-state index contributed by atoms with van der Waals surface area (Å²) in [7, 11) is 1.20. The number of methoxy groups -OCH3 is 1. The Morgan fingerprint density at radius 1 is 1.46 bits per heavy atom. The Morgan fingerprint density at radius 3 is 2.58 bits per heavy atom. The summed E-state index contributed by atoms with van der Waals surface area (Å²) in [5, 5.41) is 0.598. The standard InChI is InChI=1S/C15H16F4O4S/c1-5-22-13(20)11-9(8-6-24-12(16)10(8)21-4)7(2)14(3,23-11)15(17,18)19/h6-7H,5H2,1-4H3/t7-,14+/m0/s1. The maximum Gasteiger partial charge on any atom is 0.428 e. The van der Waals surface area contributed by atoms with Crippen LogP contribution in [0.15, 0.2) is 11.1 Å². The fraction of sp³-hybridized carbons (Fsp3) is 0.533. The van der Waals surface area contributed by atoms with Crippen LogP contribution in [0.4, 0.5) is 17.6 Å². The molecule has 0 spiro atoms. The molecule has 0 radical (unpaired) electrons. The molecule has 4 nitrogen and oxygen atoms in total. The SMILES string of the molecule is CCOC(=O)C1=C(c2csc(F)c2OC)[C@H](C)[C@](C)(C(F)(F)F)O1. The highest BCUT2D eigenvalue weighted by atomic mass is 32.1. The minimum atomic E-state index is -4.74. The van der Waals surface area contributed by atoms with Crippen molar-refractivity contribution in [2.45, 2.75) is 32.5 Å². The summed E-state index contributed by atoms with van der Waals surface area (Å²) in [6.07, 6.45) is -4.74. The molecule has 2 atom stereocenters. The molecule has 0 saturated heterocycles. The normalized spacial score (nSPS) is 24.1. The zero-order valence-corrected chi connectivity index (χ0v) is 14.2. The van der Waals surface area contributed by atoms with Gasteiger partial charge in [-0.2, -0.15) is 17.6 Å². The van der Waals surface area contributed by atoms with Crippen LogP contribution in [0.25, 0.3) is 5.57 Å². The van der Waals surface area contributed by atoms with E-state index in [0.29, 0.717) is 11.3 Å². The van der Waals surface area contributed by atoms with Gasteiger partial charge in [-0.05, 0) is 13.8 Å². The summed E-state index contributed by atoms with van der Waals surface area (Å²) in [6.45, 7) is 3.60. The van der Waals surface area contributed by atoms with Gasteiger partial charge >= 0.3 is 12.1 Å². The third-order valence-corrected chi connectivity index (χ3v) is 4.79. The number of esters is 1. The highest BCUT2D eigenvalue weighted by molar-refractivity contribution is 7.08. The molecular formula is C15H16F4O4S. The summed E-state index contributed by atoms with van der Waals surface area (Å²) >= 11 is 0.664. The molecule has 0 aromatic carbocycles. The van der Waals surface area contributed by atoms with Crippen LogP contribution in [0.2, 0.25) is 0 Å². The van der Waals surface area contributed by atoms with Crippen LogP contribution < -0.4 is 4.74 Å². The summed E-state index contributed by atoms with van der Waals surface area (Å²) in [4.78, 5) is 12.1. The third kappa shape index (κ3) is 2.74. The maximum absolute atomic E-state index is 13.8. The van der Waals surface area contributed by atoms with Gasteiger partial charge in [0.05, 0.1) is 13.7 Å². The molecule has 2 heterocycles. The quantitative estimate of drug-likeness (QED) is 0.591. The topological polar surface area (TPSA) is 44.8 Å². The Balaban J connectivity index is 2.64. The lowest BCUT2D eigenvalue weighted by Gasteiger charge is -2.32. The predicted molar refractivity (Wildman–Crippen MR) is 79.1 cm³/mol. The van der Waals surface area contributed by atoms with Crippen molar-refractivity contribution in [1.82, 2.24) is 0 Å². The van der Waals surface area contributed by atoms with Gasteiger partial charge in [0.15, 0.2) is 5.75 Å². The van der Waals surface area contributed by atoms with E-state index in [1.165, 1.54) is 26.3 Å². The lowest BCUT2D eigenvalue weighted by atomic mass is 9.83. The van der Waals surface area contributed by atoms with Crippen molar-refractivity contribution in [2.75, 3.05) is 13.7 Å². The maximum atomic E-state index is 13.8. The number of carbonyl (C=O) groups is 1. The van der Waals surface area contributed by atoms with Gasteiger partial charge in [-0.1, -0.05) is 6.92 Å². The van der Waals surface area contributed by atoms with E-state index < -0.39 is 34.6 Å². The number of ether oxygens (including phenoxy) is 3. The van der Waals surface area contributed by atoms with Crippen molar-refractivity contribution >= 4 is 22.9 Å². The molecule has 1 aliphatic rings. The van der Waals surface area contributed by atoms with Gasteiger partial charge in [0.1, 0.15) is 0 Å². The number of rotatable bonds is 4. The second-order valence-corrected chi connectivity index (χ2v) is 6.18. The smallest absolute Gasteiger partial charge is 0.428 e. The van der Waals surface area contributed by atoms with Crippen molar-refractivity contribution < 1.29 is 36.6 Å². The molecule has 134 valence electrons. The summed E-state index contributed by atoms with van der Waals surface area (Å²) in [6, 6.07) is 0. The van der Waals surface area contributed by atoms with Crippen LogP contribution in [0.3, 0.4) is 0 Å². The first-order chi connectivity index (χ1) is 11.1. The fourth-order valence-electron chi connectivity index (χ4n) is 2.53. The van der Waals surface area contributed by atoms with Crippen LogP contribution >= 0.6 is 11.3 Å². The van der Waals surface area contributed by atoms with E-state index in [0.717, 1.165) is 6.92 Å². The second kappa shape index (κ2) is 6.27. The Labute approximate surface area is 140 Å². The minimum absolute atomic E-state index is 0.0365. The van der Waals surface area contributed by atoms with E-state index in [1.54, 1.807) is 0 Å². The highest BCUT2D eigenvalue weighted by Crippen LogP contribution is 2.54. The van der Waals surface area contributed by atoms with E-state index >= 15 is 0 Å². The largest absolute Gasteiger partial charge is 0.492 e. The van der Waals surface area contributed by atoms with Crippen LogP contribution in [0.1, 0.15) is 26.3 Å². The number of carbonyl (C=O) groups excluding carboxylic acids is 1. The first kappa shape index (κ1) is 18.6. The zero-order valence-electron chi connectivity index (χ0n) is 13.4. The minimum Gasteiger partial charge on any atom is -0.492 e. The molecule has 0 fully saturated rings. The first-order valence-electron chi connectivity index (χ1n) is 7.06. The molecular weight excluding hydrogens is 352 g/mol. The van der Waals surface area contributed by atoms with Gasteiger partial charge in [0.25, 0.3) is 0 Å². The van der Waals surface area contributed by atoms with Crippen molar-refractivity contribution in [3.05, 3.63) is 21.8 Å². The lowest BCUT2D eigenvalue weighted by Crippen LogP contribution is -2.47. The molecule has 0 amide bonds. The zero-order chi connectivity index (χ0) is 18.3. The molecule has 24 heavy (non-hydrogen) atoms. The van der Waals surface area contributed by atoms with E-state index in [9.17, 15) is 22.4 Å². The van der Waals surface area contributed by atoms with E-state index in [2.05, 4.69) is 0 Å². The van der Waals surface area contributed by atoms with Gasteiger partial charge in [-0.15, -0.1) is 11.3 Å². The molecule has 1 aromatic heterocycles. The summed E-state index contributed by atoms with van der Waals surface area (Å²) in [5.74, 6) is -3.08. The Morgan fingerprint density at radius 2 is 2.08 bits per heavy atom. The van der Waals surface area contributed by atoms with Crippen molar-refractivity contribution in [3.8, 4) is 5.75 Å². The summed E-state index contributed by atoms with van der Waals surface area (Å²) < 4.78 is 69.0. The van der Waals surface area contributed by atoms with Crippen LogP contribution in [-0.2, 0) is 14.3 Å². The van der Waals surface area contributed by atoms with E-state index in [1.807, 2.05) is 0 Å². The predicted octanol–water partition coefficient (Wildman–Crippen LogP) is 4.16. The average molecular weight is 368 g/mol. The third-order valence-electron chi connectivity index (χ3n) is 4.04. The number of alkyl halides is 3. The Bertz CT molecular complexity index is 680. The molecule has 9 heteroatoms. The van der Waals surface area contributed by atoms with E-state index in [4.69, 9.17) is 14.2 Å². The molecule has 1 aliphatic heterocycles. The van der Waals surface area contributed by atoms with E-state index in [-0.39, 0.29) is 23.5 Å². The number of hydrogen-bond acceptors (Lipinski definition) is 5. The van der Waals surface area contributed by atoms with Crippen molar-refractivity contribution in [2.24, 2.45) is 5.92 Å². The fourth-order valence-corrected chi connectivity index (χ4v) is 3.29. The van der Waals surface area contributed by atoms with Gasteiger partial charge in [-0.3, -0.25) is 0 Å². The average Bonchev–Trinajstić information content (AvgIpc) is 2.98. The Kier molecular flexibility index (Phi) is 4.85. The van der Waals surface area contributed by atoms with Gasteiger partial charge in [0, 0.05) is 22.4 Å². The second-order valence-electron chi connectivity index (χ2n) is 5.35. The molecule has 1 aromatic rings. The van der Waals surface area contributed by atoms with Crippen LogP contribution in [-0.4, -0.2) is 31.5 Å². The molecule has 2 rings (SSSR count).